The third-order valence-corrected chi connectivity index (χ3v) is 2.94. The Bertz CT molecular complexity index is 507. The molecule has 0 spiro atoms. The Balaban J connectivity index is 1.92. The highest BCUT2D eigenvalue weighted by Crippen LogP contribution is 2.13. The summed E-state index contributed by atoms with van der Waals surface area (Å²) >= 11 is 6.02. The van der Waals surface area contributed by atoms with E-state index in [0.717, 1.165) is 24.3 Å². The molecule has 90 valence electrons. The highest BCUT2D eigenvalue weighted by molar-refractivity contribution is 6.31. The van der Waals surface area contributed by atoms with Crippen LogP contribution >= 0.6 is 11.6 Å². The van der Waals surface area contributed by atoms with Crippen molar-refractivity contribution in [2.75, 3.05) is 0 Å². The van der Waals surface area contributed by atoms with Crippen LogP contribution in [-0.4, -0.2) is 14.8 Å². The van der Waals surface area contributed by atoms with Crippen LogP contribution < -0.4 is 5.32 Å². The predicted molar refractivity (Wildman–Crippen MR) is 67.7 cm³/mol. The van der Waals surface area contributed by atoms with Crippen LogP contribution in [0.2, 0.25) is 5.02 Å². The van der Waals surface area contributed by atoms with E-state index >= 15 is 0 Å². The second kappa shape index (κ2) is 5.29. The van der Waals surface area contributed by atoms with E-state index < -0.39 is 0 Å². The lowest BCUT2D eigenvalue weighted by atomic mass is 10.2. The molecule has 0 fully saturated rings. The van der Waals surface area contributed by atoms with Gasteiger partial charge in [0.05, 0.1) is 10.7 Å². The maximum Gasteiger partial charge on any atom is 0.0638 e. The van der Waals surface area contributed by atoms with Gasteiger partial charge in [-0.25, -0.2) is 0 Å². The topological polar surface area (TPSA) is 42.7 Å². The monoisotopic (exact) mass is 250 g/mol. The Labute approximate surface area is 106 Å². The number of aryl methyl sites for hydroxylation is 2. The first-order valence-corrected chi connectivity index (χ1v) is 5.83. The fourth-order valence-electron chi connectivity index (χ4n) is 1.70. The van der Waals surface area contributed by atoms with E-state index in [0.29, 0.717) is 5.02 Å². The molecule has 2 aromatic rings. The van der Waals surface area contributed by atoms with Crippen molar-refractivity contribution in [2.24, 2.45) is 7.05 Å². The first kappa shape index (κ1) is 12.1. The molecule has 0 saturated heterocycles. The fraction of sp³-hybridized carbons (Fsp3) is 0.333. The summed E-state index contributed by atoms with van der Waals surface area (Å²) in [6.45, 7) is 3.53. The molecule has 0 unspecified atom stereocenters. The summed E-state index contributed by atoms with van der Waals surface area (Å²) in [4.78, 5) is 3.96. The van der Waals surface area contributed by atoms with Crippen LogP contribution in [0.3, 0.4) is 0 Å². The zero-order valence-electron chi connectivity index (χ0n) is 9.94. The van der Waals surface area contributed by atoms with Crippen LogP contribution in [0.4, 0.5) is 0 Å². The number of nitrogens with zero attached hydrogens (tertiary/aromatic N) is 3. The number of pyridine rings is 1. The average Bonchev–Trinajstić information content (AvgIpc) is 2.60. The van der Waals surface area contributed by atoms with Gasteiger partial charge in [0.25, 0.3) is 0 Å². The second-order valence-electron chi connectivity index (χ2n) is 3.98. The van der Waals surface area contributed by atoms with Gasteiger partial charge in [0.1, 0.15) is 0 Å². The molecule has 1 N–H and O–H groups in total. The van der Waals surface area contributed by atoms with Crippen molar-refractivity contribution in [3.63, 3.8) is 0 Å². The van der Waals surface area contributed by atoms with Crippen molar-refractivity contribution >= 4 is 11.6 Å². The van der Waals surface area contributed by atoms with Gasteiger partial charge >= 0.3 is 0 Å². The highest BCUT2D eigenvalue weighted by Gasteiger charge is 2.03. The SMILES string of the molecule is Cc1nn(C)cc1CNCc1ccncc1Cl. The van der Waals surface area contributed by atoms with E-state index in [1.165, 1.54) is 5.56 Å². The molecule has 0 bridgehead atoms. The zero-order chi connectivity index (χ0) is 12.3. The normalized spacial score (nSPS) is 10.8. The summed E-state index contributed by atoms with van der Waals surface area (Å²) in [5.74, 6) is 0. The van der Waals surface area contributed by atoms with Crippen LogP contribution in [0.25, 0.3) is 0 Å². The van der Waals surface area contributed by atoms with Crippen LogP contribution in [0.1, 0.15) is 16.8 Å². The van der Waals surface area contributed by atoms with Crippen LogP contribution in [0.5, 0.6) is 0 Å². The molecule has 5 heteroatoms. The summed E-state index contributed by atoms with van der Waals surface area (Å²) < 4.78 is 1.83. The van der Waals surface area contributed by atoms with Gasteiger partial charge < -0.3 is 5.32 Å². The molecular weight excluding hydrogens is 236 g/mol. The van der Waals surface area contributed by atoms with E-state index in [1.54, 1.807) is 12.4 Å². The van der Waals surface area contributed by atoms with Crippen molar-refractivity contribution in [3.8, 4) is 0 Å². The summed E-state index contributed by atoms with van der Waals surface area (Å²) in [6, 6.07) is 1.92. The summed E-state index contributed by atoms with van der Waals surface area (Å²) in [6.07, 6.45) is 5.43. The number of hydrogen-bond acceptors (Lipinski definition) is 3. The smallest absolute Gasteiger partial charge is 0.0638 e. The van der Waals surface area contributed by atoms with Gasteiger partial charge in [-0.05, 0) is 18.6 Å². The van der Waals surface area contributed by atoms with Crippen LogP contribution in [-0.2, 0) is 20.1 Å². The Morgan fingerprint density at radius 1 is 1.35 bits per heavy atom. The van der Waals surface area contributed by atoms with Gasteiger partial charge in [-0.15, -0.1) is 0 Å². The molecule has 2 heterocycles. The second-order valence-corrected chi connectivity index (χ2v) is 4.39. The molecular formula is C12H15ClN4. The Hall–Kier alpha value is -1.39. The Morgan fingerprint density at radius 3 is 2.76 bits per heavy atom. The van der Waals surface area contributed by atoms with Crippen molar-refractivity contribution in [1.82, 2.24) is 20.1 Å². The number of rotatable bonds is 4. The molecule has 0 amide bonds. The third-order valence-electron chi connectivity index (χ3n) is 2.60. The molecule has 4 nitrogen and oxygen atoms in total. The largest absolute Gasteiger partial charge is 0.308 e. The first-order chi connectivity index (χ1) is 8.16. The Morgan fingerprint density at radius 2 is 2.12 bits per heavy atom. The molecule has 0 aliphatic carbocycles. The molecule has 0 aliphatic rings. The third kappa shape index (κ3) is 3.05. The van der Waals surface area contributed by atoms with Crippen molar-refractivity contribution < 1.29 is 0 Å². The van der Waals surface area contributed by atoms with E-state index in [-0.39, 0.29) is 0 Å². The standard InChI is InChI=1S/C12H15ClN4/c1-9-11(8-17(2)16-9)6-15-5-10-3-4-14-7-12(10)13/h3-4,7-8,15H,5-6H2,1-2H3. The number of hydrogen-bond donors (Lipinski definition) is 1. The molecule has 0 saturated carbocycles. The molecule has 0 aromatic carbocycles. The minimum atomic E-state index is 0.697. The lowest BCUT2D eigenvalue weighted by Crippen LogP contribution is -2.13. The molecule has 2 rings (SSSR count). The lowest BCUT2D eigenvalue weighted by molar-refractivity contribution is 0.689. The minimum absolute atomic E-state index is 0.697. The first-order valence-electron chi connectivity index (χ1n) is 5.45. The molecule has 0 radical (unpaired) electrons. The zero-order valence-corrected chi connectivity index (χ0v) is 10.7. The summed E-state index contributed by atoms with van der Waals surface area (Å²) in [7, 11) is 1.93. The van der Waals surface area contributed by atoms with Gasteiger partial charge in [-0.2, -0.15) is 5.10 Å². The van der Waals surface area contributed by atoms with Gasteiger partial charge in [0, 0.05) is 44.3 Å². The summed E-state index contributed by atoms with van der Waals surface area (Å²) in [5, 5.41) is 8.34. The number of aromatic nitrogens is 3. The van der Waals surface area contributed by atoms with Gasteiger partial charge in [0.2, 0.25) is 0 Å². The predicted octanol–water partition coefficient (Wildman–Crippen LogP) is 2.07. The highest BCUT2D eigenvalue weighted by atomic mass is 35.5. The average molecular weight is 251 g/mol. The Kier molecular flexibility index (Phi) is 3.76. The fourth-order valence-corrected chi connectivity index (χ4v) is 1.89. The van der Waals surface area contributed by atoms with E-state index in [9.17, 15) is 0 Å². The maximum absolute atomic E-state index is 6.02. The van der Waals surface area contributed by atoms with Gasteiger partial charge in [-0.1, -0.05) is 11.6 Å². The maximum atomic E-state index is 6.02. The quantitative estimate of drug-likeness (QED) is 0.903. The van der Waals surface area contributed by atoms with E-state index in [4.69, 9.17) is 11.6 Å². The molecule has 2 aromatic heterocycles. The van der Waals surface area contributed by atoms with E-state index in [2.05, 4.69) is 15.4 Å². The van der Waals surface area contributed by atoms with Crippen molar-refractivity contribution in [1.29, 1.82) is 0 Å². The van der Waals surface area contributed by atoms with Gasteiger partial charge in [-0.3, -0.25) is 9.67 Å². The lowest BCUT2D eigenvalue weighted by Gasteiger charge is -2.05. The molecule has 0 aliphatic heterocycles. The van der Waals surface area contributed by atoms with Crippen LogP contribution in [0, 0.1) is 6.92 Å². The number of halogens is 1. The van der Waals surface area contributed by atoms with Crippen LogP contribution in [0.15, 0.2) is 24.7 Å². The molecule has 0 atom stereocenters. The summed E-state index contributed by atoms with van der Waals surface area (Å²) in [5.41, 5.74) is 3.32. The van der Waals surface area contributed by atoms with Crippen molar-refractivity contribution in [2.45, 2.75) is 20.0 Å². The number of nitrogens with one attached hydrogen (secondary N) is 1. The molecule has 17 heavy (non-hydrogen) atoms. The van der Waals surface area contributed by atoms with Crippen molar-refractivity contribution in [3.05, 3.63) is 46.5 Å². The minimum Gasteiger partial charge on any atom is -0.308 e. The van der Waals surface area contributed by atoms with E-state index in [1.807, 2.05) is 30.9 Å². The van der Waals surface area contributed by atoms with Gasteiger partial charge in [0.15, 0.2) is 0 Å².